The van der Waals surface area contributed by atoms with Gasteiger partial charge in [0.1, 0.15) is 5.71 Å². The normalized spacial score (nSPS) is 15.5. The minimum absolute atomic E-state index is 0.208. The summed E-state index contributed by atoms with van der Waals surface area (Å²) in [6, 6.07) is 12.7. The van der Waals surface area contributed by atoms with Crippen molar-refractivity contribution in [3.8, 4) is 0 Å². The summed E-state index contributed by atoms with van der Waals surface area (Å²) < 4.78 is 0.968. The minimum Gasteiger partial charge on any atom is -0.320 e. The van der Waals surface area contributed by atoms with Crippen molar-refractivity contribution in [3.63, 3.8) is 0 Å². The number of carbonyl (C=O) groups excluding carboxylic acids is 1. The van der Waals surface area contributed by atoms with Crippen molar-refractivity contribution in [2.45, 2.75) is 0 Å². The number of carbonyl (C=O) groups is 1. The van der Waals surface area contributed by atoms with Gasteiger partial charge in [0.05, 0.1) is 11.4 Å². The maximum Gasteiger partial charge on any atom is 0.275 e. The molecule has 0 radical (unpaired) electrons. The van der Waals surface area contributed by atoms with Crippen LogP contribution in [0.5, 0.6) is 0 Å². The van der Waals surface area contributed by atoms with E-state index in [1.54, 1.807) is 18.2 Å². The average molecular weight is 336 g/mol. The van der Waals surface area contributed by atoms with Crippen molar-refractivity contribution >= 4 is 50.5 Å². The standard InChI is InChI=1S/C14H8BrClN2O/c15-8-1-4-10(5-2-8)17-13-11-7-9(16)3-6-12(11)18-14(13)19/h1-7H,(H,17,18,19). The number of hydrogen-bond donors (Lipinski definition) is 1. The van der Waals surface area contributed by atoms with E-state index in [9.17, 15) is 4.79 Å². The first kappa shape index (κ1) is 12.4. The van der Waals surface area contributed by atoms with Crippen LogP contribution in [0.2, 0.25) is 5.02 Å². The van der Waals surface area contributed by atoms with E-state index < -0.39 is 0 Å². The first-order chi connectivity index (χ1) is 9.13. The van der Waals surface area contributed by atoms with Crippen molar-refractivity contribution in [2.75, 3.05) is 5.32 Å². The summed E-state index contributed by atoms with van der Waals surface area (Å²) in [5.74, 6) is -0.208. The van der Waals surface area contributed by atoms with Crippen molar-refractivity contribution < 1.29 is 4.79 Å². The van der Waals surface area contributed by atoms with Gasteiger partial charge in [-0.15, -0.1) is 0 Å². The third-order valence-corrected chi connectivity index (χ3v) is 3.53. The van der Waals surface area contributed by atoms with Crippen LogP contribution in [-0.2, 0) is 4.79 Å². The van der Waals surface area contributed by atoms with Crippen LogP contribution in [0, 0.1) is 0 Å². The average Bonchev–Trinajstić information content (AvgIpc) is 2.69. The number of amides is 1. The molecule has 3 rings (SSSR count). The first-order valence-corrected chi connectivity index (χ1v) is 6.76. The van der Waals surface area contributed by atoms with Crippen LogP contribution < -0.4 is 5.32 Å². The lowest BCUT2D eigenvalue weighted by molar-refractivity contribution is -0.110. The highest BCUT2D eigenvalue weighted by Gasteiger charge is 2.25. The maximum atomic E-state index is 11.9. The number of nitrogens with one attached hydrogen (secondary N) is 1. The van der Waals surface area contributed by atoms with Crippen LogP contribution in [0.25, 0.3) is 0 Å². The quantitative estimate of drug-likeness (QED) is 0.834. The van der Waals surface area contributed by atoms with Crippen LogP contribution in [0.4, 0.5) is 11.4 Å². The smallest absolute Gasteiger partial charge is 0.275 e. The number of aliphatic imine (C=N–C) groups is 1. The molecule has 1 N–H and O–H groups in total. The molecule has 0 fully saturated rings. The van der Waals surface area contributed by atoms with Crippen LogP contribution in [0.1, 0.15) is 5.56 Å². The Morgan fingerprint density at radius 3 is 2.58 bits per heavy atom. The Balaban J connectivity index is 2.08. The highest BCUT2D eigenvalue weighted by atomic mass is 79.9. The Kier molecular flexibility index (Phi) is 3.12. The fourth-order valence-electron chi connectivity index (χ4n) is 1.88. The molecule has 1 amide bonds. The largest absolute Gasteiger partial charge is 0.320 e. The molecule has 0 saturated carbocycles. The number of hydrogen-bond acceptors (Lipinski definition) is 2. The third kappa shape index (κ3) is 2.41. The second kappa shape index (κ2) is 4.79. The molecule has 0 aliphatic carbocycles. The summed E-state index contributed by atoms with van der Waals surface area (Å²) in [7, 11) is 0. The Labute approximate surface area is 123 Å². The monoisotopic (exact) mass is 334 g/mol. The molecule has 2 aromatic rings. The minimum atomic E-state index is -0.208. The molecule has 0 unspecified atom stereocenters. The fourth-order valence-corrected chi connectivity index (χ4v) is 2.32. The number of rotatable bonds is 1. The second-order valence-corrected chi connectivity index (χ2v) is 5.43. The van der Waals surface area contributed by atoms with Crippen LogP contribution in [-0.4, -0.2) is 11.6 Å². The Morgan fingerprint density at radius 1 is 1.11 bits per heavy atom. The number of nitrogens with zero attached hydrogens (tertiary/aromatic N) is 1. The lowest BCUT2D eigenvalue weighted by Crippen LogP contribution is -2.13. The van der Waals surface area contributed by atoms with Gasteiger partial charge in [0.25, 0.3) is 5.91 Å². The summed E-state index contributed by atoms with van der Waals surface area (Å²) >= 11 is 9.32. The van der Waals surface area contributed by atoms with Gasteiger partial charge in [0.15, 0.2) is 0 Å². The maximum absolute atomic E-state index is 11.9. The molecule has 3 nitrogen and oxygen atoms in total. The molecule has 0 saturated heterocycles. The lowest BCUT2D eigenvalue weighted by Gasteiger charge is -1.99. The molecule has 1 aliphatic rings. The van der Waals surface area contributed by atoms with E-state index in [2.05, 4.69) is 26.2 Å². The molecule has 1 heterocycles. The SMILES string of the molecule is O=C1Nc2ccc(Cl)cc2C1=Nc1ccc(Br)cc1. The molecule has 2 aromatic carbocycles. The van der Waals surface area contributed by atoms with E-state index in [0.717, 1.165) is 21.4 Å². The van der Waals surface area contributed by atoms with Gasteiger partial charge in [0, 0.05) is 15.1 Å². The lowest BCUT2D eigenvalue weighted by atomic mass is 10.1. The van der Waals surface area contributed by atoms with Gasteiger partial charge in [-0.05, 0) is 42.5 Å². The Hall–Kier alpha value is -1.65. The number of anilines is 1. The van der Waals surface area contributed by atoms with Crippen molar-refractivity contribution in [1.82, 2.24) is 0 Å². The van der Waals surface area contributed by atoms with Gasteiger partial charge in [0.2, 0.25) is 0 Å². The van der Waals surface area contributed by atoms with Gasteiger partial charge in [-0.2, -0.15) is 0 Å². The molecular formula is C14H8BrClN2O. The van der Waals surface area contributed by atoms with E-state index >= 15 is 0 Å². The fraction of sp³-hybridized carbons (Fsp3) is 0. The molecule has 0 spiro atoms. The zero-order valence-electron chi connectivity index (χ0n) is 9.65. The molecule has 0 bridgehead atoms. The molecule has 19 heavy (non-hydrogen) atoms. The summed E-state index contributed by atoms with van der Waals surface area (Å²) in [4.78, 5) is 16.3. The Morgan fingerprint density at radius 2 is 1.84 bits per heavy atom. The summed E-state index contributed by atoms with van der Waals surface area (Å²) in [5.41, 5.74) is 2.59. The van der Waals surface area contributed by atoms with E-state index in [1.807, 2.05) is 24.3 Å². The number of halogens is 2. The van der Waals surface area contributed by atoms with Crippen molar-refractivity contribution in [2.24, 2.45) is 4.99 Å². The summed E-state index contributed by atoms with van der Waals surface area (Å²) in [5, 5.41) is 3.35. The van der Waals surface area contributed by atoms with Gasteiger partial charge < -0.3 is 5.32 Å². The molecule has 94 valence electrons. The van der Waals surface area contributed by atoms with E-state index in [1.165, 1.54) is 0 Å². The third-order valence-electron chi connectivity index (χ3n) is 2.77. The van der Waals surface area contributed by atoms with Gasteiger partial charge in [-0.25, -0.2) is 4.99 Å². The van der Waals surface area contributed by atoms with E-state index in [0.29, 0.717) is 10.7 Å². The van der Waals surface area contributed by atoms with Crippen molar-refractivity contribution in [3.05, 3.63) is 57.5 Å². The summed E-state index contributed by atoms with van der Waals surface area (Å²) in [6.07, 6.45) is 0. The summed E-state index contributed by atoms with van der Waals surface area (Å²) in [6.45, 7) is 0. The second-order valence-electron chi connectivity index (χ2n) is 4.08. The van der Waals surface area contributed by atoms with Crippen LogP contribution in [0.3, 0.4) is 0 Å². The predicted molar refractivity (Wildman–Crippen MR) is 80.4 cm³/mol. The number of fused-ring (bicyclic) bond motifs is 1. The van der Waals surface area contributed by atoms with E-state index in [4.69, 9.17) is 11.6 Å². The predicted octanol–water partition coefficient (Wildman–Crippen LogP) is 4.18. The molecule has 0 aromatic heterocycles. The first-order valence-electron chi connectivity index (χ1n) is 5.59. The number of benzene rings is 2. The van der Waals surface area contributed by atoms with Crippen LogP contribution in [0.15, 0.2) is 51.9 Å². The molecular weight excluding hydrogens is 328 g/mol. The highest BCUT2D eigenvalue weighted by Crippen LogP contribution is 2.28. The molecule has 5 heteroatoms. The van der Waals surface area contributed by atoms with Gasteiger partial charge >= 0.3 is 0 Å². The molecule has 0 atom stereocenters. The van der Waals surface area contributed by atoms with Gasteiger partial charge in [-0.3, -0.25) is 4.79 Å². The Bertz CT molecular complexity index is 695. The molecule has 1 aliphatic heterocycles. The highest BCUT2D eigenvalue weighted by molar-refractivity contribution is 9.10. The van der Waals surface area contributed by atoms with Gasteiger partial charge in [-0.1, -0.05) is 27.5 Å². The zero-order valence-corrected chi connectivity index (χ0v) is 12.0. The van der Waals surface area contributed by atoms with Crippen molar-refractivity contribution in [1.29, 1.82) is 0 Å². The zero-order chi connectivity index (χ0) is 13.4. The van der Waals surface area contributed by atoms with E-state index in [-0.39, 0.29) is 5.91 Å². The topological polar surface area (TPSA) is 41.5 Å². The van der Waals surface area contributed by atoms with Crippen LogP contribution >= 0.6 is 27.5 Å².